The molecule has 0 aliphatic carbocycles. The van der Waals surface area contributed by atoms with Gasteiger partial charge in [0, 0.05) is 36.1 Å². The van der Waals surface area contributed by atoms with E-state index < -0.39 is 0 Å². The van der Waals surface area contributed by atoms with Gasteiger partial charge in [0.1, 0.15) is 0 Å². The van der Waals surface area contributed by atoms with Crippen LogP contribution in [0.4, 0.5) is 5.95 Å². The number of pyridine rings is 1. The van der Waals surface area contributed by atoms with Gasteiger partial charge in [-0.1, -0.05) is 25.1 Å². The number of nitrogens with one attached hydrogen (secondary N) is 1. The quantitative estimate of drug-likeness (QED) is 0.788. The van der Waals surface area contributed by atoms with Crippen LogP contribution >= 0.6 is 0 Å². The van der Waals surface area contributed by atoms with E-state index in [1.54, 1.807) is 0 Å². The average molecular weight is 278 g/mol. The molecular formula is C17H18N4. The molecule has 0 spiro atoms. The second-order valence-electron chi connectivity index (χ2n) is 5.05. The number of anilines is 1. The van der Waals surface area contributed by atoms with E-state index in [9.17, 15) is 0 Å². The van der Waals surface area contributed by atoms with E-state index in [-0.39, 0.29) is 0 Å². The van der Waals surface area contributed by atoms with E-state index in [0.29, 0.717) is 5.95 Å². The zero-order chi connectivity index (χ0) is 14.7. The van der Waals surface area contributed by atoms with Gasteiger partial charge in [-0.2, -0.15) is 0 Å². The maximum absolute atomic E-state index is 4.69. The molecule has 0 saturated carbocycles. The SMILES string of the molecule is CCCNc1ncc(C)c(-c2cccc3cnccc23)n1. The van der Waals surface area contributed by atoms with Crippen molar-refractivity contribution in [2.24, 2.45) is 0 Å². The first-order valence-corrected chi connectivity index (χ1v) is 7.20. The summed E-state index contributed by atoms with van der Waals surface area (Å²) in [5.41, 5.74) is 3.16. The molecule has 0 fully saturated rings. The highest BCUT2D eigenvalue weighted by Gasteiger charge is 2.09. The maximum atomic E-state index is 4.69. The van der Waals surface area contributed by atoms with E-state index in [1.165, 1.54) is 0 Å². The predicted molar refractivity (Wildman–Crippen MR) is 86.3 cm³/mol. The molecule has 3 aromatic rings. The average Bonchev–Trinajstić information content (AvgIpc) is 2.54. The summed E-state index contributed by atoms with van der Waals surface area (Å²) in [4.78, 5) is 13.2. The van der Waals surface area contributed by atoms with Gasteiger partial charge in [-0.25, -0.2) is 9.97 Å². The van der Waals surface area contributed by atoms with E-state index >= 15 is 0 Å². The number of aryl methyl sites for hydroxylation is 1. The van der Waals surface area contributed by atoms with E-state index in [4.69, 9.17) is 0 Å². The predicted octanol–water partition coefficient (Wildman–Crippen LogP) is 3.82. The molecule has 3 rings (SSSR count). The van der Waals surface area contributed by atoms with Crippen molar-refractivity contribution in [3.63, 3.8) is 0 Å². The van der Waals surface area contributed by atoms with Crippen LogP contribution in [0.2, 0.25) is 0 Å². The number of fused-ring (bicyclic) bond motifs is 1. The molecule has 1 N–H and O–H groups in total. The molecule has 106 valence electrons. The van der Waals surface area contributed by atoms with Crippen LogP contribution in [0.3, 0.4) is 0 Å². The number of hydrogen-bond acceptors (Lipinski definition) is 4. The summed E-state index contributed by atoms with van der Waals surface area (Å²) in [6.45, 7) is 5.04. The molecule has 0 radical (unpaired) electrons. The molecule has 0 amide bonds. The van der Waals surface area contributed by atoms with Gasteiger partial charge in [-0.05, 0) is 30.4 Å². The first kappa shape index (κ1) is 13.5. The highest BCUT2D eigenvalue weighted by molar-refractivity contribution is 5.95. The Bertz CT molecular complexity index is 762. The van der Waals surface area contributed by atoms with Crippen molar-refractivity contribution in [3.8, 4) is 11.3 Å². The Labute approximate surface area is 124 Å². The van der Waals surface area contributed by atoms with Gasteiger partial charge in [-0.3, -0.25) is 4.98 Å². The fraction of sp³-hybridized carbons (Fsp3) is 0.235. The summed E-state index contributed by atoms with van der Waals surface area (Å²) in [5, 5.41) is 5.53. The topological polar surface area (TPSA) is 50.7 Å². The van der Waals surface area contributed by atoms with Crippen LogP contribution in [0, 0.1) is 6.92 Å². The summed E-state index contributed by atoms with van der Waals surface area (Å²) < 4.78 is 0. The van der Waals surface area contributed by atoms with Gasteiger partial charge < -0.3 is 5.32 Å². The summed E-state index contributed by atoms with van der Waals surface area (Å²) >= 11 is 0. The molecule has 2 heterocycles. The van der Waals surface area contributed by atoms with Gasteiger partial charge in [-0.15, -0.1) is 0 Å². The second-order valence-corrected chi connectivity index (χ2v) is 5.05. The third-order valence-corrected chi connectivity index (χ3v) is 3.44. The van der Waals surface area contributed by atoms with Gasteiger partial charge >= 0.3 is 0 Å². The van der Waals surface area contributed by atoms with Crippen LogP contribution in [-0.2, 0) is 0 Å². The Morgan fingerprint density at radius 2 is 2.05 bits per heavy atom. The van der Waals surface area contributed by atoms with Gasteiger partial charge in [0.05, 0.1) is 5.69 Å². The van der Waals surface area contributed by atoms with Crippen molar-refractivity contribution >= 4 is 16.7 Å². The minimum absolute atomic E-state index is 0.684. The lowest BCUT2D eigenvalue weighted by molar-refractivity contribution is 0.951. The van der Waals surface area contributed by atoms with Gasteiger partial charge in [0.25, 0.3) is 0 Å². The molecule has 21 heavy (non-hydrogen) atoms. The van der Waals surface area contributed by atoms with Crippen LogP contribution in [0.5, 0.6) is 0 Å². The van der Waals surface area contributed by atoms with E-state index in [1.807, 2.05) is 37.6 Å². The first-order valence-electron chi connectivity index (χ1n) is 7.20. The van der Waals surface area contributed by atoms with Crippen molar-refractivity contribution in [2.75, 3.05) is 11.9 Å². The van der Waals surface area contributed by atoms with Crippen LogP contribution < -0.4 is 5.32 Å². The maximum Gasteiger partial charge on any atom is 0.223 e. The highest BCUT2D eigenvalue weighted by atomic mass is 15.1. The number of hydrogen-bond donors (Lipinski definition) is 1. The minimum Gasteiger partial charge on any atom is -0.354 e. The fourth-order valence-corrected chi connectivity index (χ4v) is 2.37. The molecular weight excluding hydrogens is 260 g/mol. The summed E-state index contributed by atoms with van der Waals surface area (Å²) in [5.74, 6) is 0.684. The molecule has 4 heteroatoms. The Hall–Kier alpha value is -2.49. The van der Waals surface area contributed by atoms with Crippen molar-refractivity contribution < 1.29 is 0 Å². The lowest BCUT2D eigenvalue weighted by Crippen LogP contribution is -2.05. The lowest BCUT2D eigenvalue weighted by Gasteiger charge is -2.10. The van der Waals surface area contributed by atoms with E-state index in [0.717, 1.165) is 40.6 Å². The highest BCUT2D eigenvalue weighted by Crippen LogP contribution is 2.29. The van der Waals surface area contributed by atoms with Gasteiger partial charge in [0.15, 0.2) is 0 Å². The largest absolute Gasteiger partial charge is 0.354 e. The lowest BCUT2D eigenvalue weighted by atomic mass is 10.0. The molecule has 2 aromatic heterocycles. The minimum atomic E-state index is 0.684. The standard InChI is InChI=1S/C17H18N4/c1-3-8-19-17-20-10-12(2)16(21-17)15-6-4-5-13-11-18-9-7-14(13)15/h4-7,9-11H,3,8H2,1-2H3,(H,19,20,21). The number of aromatic nitrogens is 3. The Morgan fingerprint density at radius 3 is 2.90 bits per heavy atom. The molecule has 4 nitrogen and oxygen atoms in total. The van der Waals surface area contributed by atoms with Crippen LogP contribution in [-0.4, -0.2) is 21.5 Å². The van der Waals surface area contributed by atoms with Crippen molar-refractivity contribution in [2.45, 2.75) is 20.3 Å². The van der Waals surface area contributed by atoms with Gasteiger partial charge in [0.2, 0.25) is 5.95 Å². The molecule has 0 saturated heterocycles. The van der Waals surface area contributed by atoms with E-state index in [2.05, 4.69) is 39.3 Å². The van der Waals surface area contributed by atoms with Crippen LogP contribution in [0.15, 0.2) is 42.9 Å². The summed E-state index contributed by atoms with van der Waals surface area (Å²) in [6.07, 6.45) is 6.62. The van der Waals surface area contributed by atoms with Crippen LogP contribution in [0.1, 0.15) is 18.9 Å². The molecule has 1 aromatic carbocycles. The zero-order valence-electron chi connectivity index (χ0n) is 12.3. The van der Waals surface area contributed by atoms with Crippen molar-refractivity contribution in [3.05, 3.63) is 48.4 Å². The number of nitrogens with zero attached hydrogens (tertiary/aromatic N) is 3. The molecule has 0 atom stereocenters. The smallest absolute Gasteiger partial charge is 0.223 e. The van der Waals surface area contributed by atoms with Crippen molar-refractivity contribution in [1.29, 1.82) is 0 Å². The van der Waals surface area contributed by atoms with Crippen molar-refractivity contribution in [1.82, 2.24) is 15.0 Å². The molecule has 0 bridgehead atoms. The normalized spacial score (nSPS) is 10.8. The first-order chi connectivity index (χ1) is 10.3. The van der Waals surface area contributed by atoms with Crippen LogP contribution in [0.25, 0.3) is 22.0 Å². The Balaban J connectivity index is 2.13. The molecule has 0 aliphatic heterocycles. The summed E-state index contributed by atoms with van der Waals surface area (Å²) in [6, 6.07) is 8.24. The molecule has 0 unspecified atom stereocenters. The Kier molecular flexibility index (Phi) is 3.77. The number of benzene rings is 1. The fourth-order valence-electron chi connectivity index (χ4n) is 2.37. The second kappa shape index (κ2) is 5.87. The Morgan fingerprint density at radius 1 is 1.14 bits per heavy atom. The monoisotopic (exact) mass is 278 g/mol. The summed E-state index contributed by atoms with van der Waals surface area (Å²) in [7, 11) is 0. The third kappa shape index (κ3) is 2.70. The zero-order valence-corrected chi connectivity index (χ0v) is 12.3. The third-order valence-electron chi connectivity index (χ3n) is 3.44. The number of rotatable bonds is 4. The molecule has 0 aliphatic rings.